The van der Waals surface area contributed by atoms with Crippen LogP contribution >= 0.6 is 0 Å². The maximum atomic E-state index is 13.9. The first-order valence-corrected chi connectivity index (χ1v) is 10.4. The molecule has 3 aromatic rings. The van der Waals surface area contributed by atoms with Gasteiger partial charge in [-0.1, -0.05) is 29.8 Å². The van der Waals surface area contributed by atoms with E-state index in [2.05, 4.69) is 51.6 Å². The van der Waals surface area contributed by atoms with Crippen molar-refractivity contribution < 1.29 is 13.6 Å². The molecular formula is C23H25F2N5O. The van der Waals surface area contributed by atoms with Crippen molar-refractivity contribution in [2.75, 3.05) is 13.1 Å². The molecule has 8 heteroatoms. The highest BCUT2D eigenvalue weighted by atomic mass is 19.1. The Morgan fingerprint density at radius 1 is 1.13 bits per heavy atom. The summed E-state index contributed by atoms with van der Waals surface area (Å²) in [5.74, 6) is -0.642. The van der Waals surface area contributed by atoms with Crippen LogP contribution in [0, 0.1) is 18.6 Å². The third kappa shape index (κ3) is 4.80. The van der Waals surface area contributed by atoms with Gasteiger partial charge in [0.1, 0.15) is 17.5 Å². The lowest BCUT2D eigenvalue weighted by atomic mass is 10.1. The van der Waals surface area contributed by atoms with Crippen LogP contribution in [0.1, 0.15) is 46.1 Å². The average molecular weight is 425 g/mol. The van der Waals surface area contributed by atoms with E-state index in [9.17, 15) is 13.6 Å². The predicted octanol–water partition coefficient (Wildman–Crippen LogP) is 3.41. The highest BCUT2D eigenvalue weighted by Gasteiger charge is 2.24. The first-order chi connectivity index (χ1) is 14.9. The summed E-state index contributed by atoms with van der Waals surface area (Å²) >= 11 is 0. The number of carbonyl (C=O) groups excluding carboxylic acids is 1. The van der Waals surface area contributed by atoms with Crippen LogP contribution in [0.15, 0.2) is 42.5 Å². The van der Waals surface area contributed by atoms with Crippen LogP contribution in [0.5, 0.6) is 0 Å². The lowest BCUT2D eigenvalue weighted by Gasteiger charge is -2.20. The lowest BCUT2D eigenvalue weighted by molar-refractivity contribution is 0.0933. The number of rotatable bonds is 5. The number of benzene rings is 2. The Balaban J connectivity index is 1.44. The molecule has 1 amide bonds. The van der Waals surface area contributed by atoms with E-state index in [0.29, 0.717) is 12.4 Å². The molecular weight excluding hydrogens is 400 g/mol. The number of carbonyl (C=O) groups is 1. The Morgan fingerprint density at radius 2 is 1.97 bits per heavy atom. The molecule has 1 aromatic heterocycles. The van der Waals surface area contributed by atoms with Crippen LogP contribution in [0.2, 0.25) is 0 Å². The third-order valence-corrected chi connectivity index (χ3v) is 5.54. The zero-order valence-corrected chi connectivity index (χ0v) is 17.6. The number of nitrogens with zero attached hydrogens (tertiary/aromatic N) is 4. The van der Waals surface area contributed by atoms with Gasteiger partial charge in [0.25, 0.3) is 5.91 Å². The van der Waals surface area contributed by atoms with Crippen molar-refractivity contribution >= 4 is 5.91 Å². The Morgan fingerprint density at radius 3 is 2.77 bits per heavy atom. The number of aryl methyl sites for hydroxylation is 1. The van der Waals surface area contributed by atoms with Crippen LogP contribution < -0.4 is 5.32 Å². The highest BCUT2D eigenvalue weighted by Crippen LogP contribution is 2.18. The van der Waals surface area contributed by atoms with Gasteiger partial charge in [-0.05, 0) is 37.6 Å². The van der Waals surface area contributed by atoms with E-state index in [1.807, 2.05) is 4.57 Å². The monoisotopic (exact) mass is 425 g/mol. The van der Waals surface area contributed by atoms with Crippen LogP contribution in [0.25, 0.3) is 0 Å². The summed E-state index contributed by atoms with van der Waals surface area (Å²) < 4.78 is 29.4. The number of hydrogen-bond donors (Lipinski definition) is 1. The zero-order valence-electron chi connectivity index (χ0n) is 17.6. The second kappa shape index (κ2) is 8.93. The number of aromatic nitrogens is 3. The predicted molar refractivity (Wildman–Crippen MR) is 112 cm³/mol. The van der Waals surface area contributed by atoms with E-state index < -0.39 is 23.6 Å². The van der Waals surface area contributed by atoms with E-state index in [0.717, 1.165) is 50.1 Å². The molecule has 162 valence electrons. The van der Waals surface area contributed by atoms with Gasteiger partial charge >= 0.3 is 0 Å². The van der Waals surface area contributed by atoms with Gasteiger partial charge in [-0.2, -0.15) is 0 Å². The number of halogens is 2. The molecule has 31 heavy (non-hydrogen) atoms. The molecule has 4 rings (SSSR count). The summed E-state index contributed by atoms with van der Waals surface area (Å²) in [6, 6.07) is 10.8. The Bertz CT molecular complexity index is 1100. The summed E-state index contributed by atoms with van der Waals surface area (Å²) in [7, 11) is 0. The molecule has 6 nitrogen and oxygen atoms in total. The molecule has 1 aliphatic rings. The van der Waals surface area contributed by atoms with Crippen molar-refractivity contribution in [3.63, 3.8) is 0 Å². The molecule has 0 unspecified atom stereocenters. The van der Waals surface area contributed by atoms with E-state index in [-0.39, 0.29) is 5.56 Å². The molecule has 1 aliphatic heterocycles. The molecule has 0 bridgehead atoms. The van der Waals surface area contributed by atoms with Gasteiger partial charge in [0, 0.05) is 32.6 Å². The van der Waals surface area contributed by atoms with Crippen molar-refractivity contribution in [2.45, 2.75) is 39.4 Å². The van der Waals surface area contributed by atoms with Crippen molar-refractivity contribution in [3.8, 4) is 0 Å². The minimum Gasteiger partial charge on any atom is -0.342 e. The summed E-state index contributed by atoms with van der Waals surface area (Å²) in [6.07, 6.45) is 0.748. The topological polar surface area (TPSA) is 63.1 Å². The van der Waals surface area contributed by atoms with Crippen LogP contribution in [-0.4, -0.2) is 38.7 Å². The molecule has 1 N–H and O–H groups in total. The van der Waals surface area contributed by atoms with E-state index in [4.69, 9.17) is 0 Å². The molecule has 0 aliphatic carbocycles. The van der Waals surface area contributed by atoms with Crippen LogP contribution in [0.3, 0.4) is 0 Å². The van der Waals surface area contributed by atoms with Crippen molar-refractivity contribution in [2.24, 2.45) is 0 Å². The smallest absolute Gasteiger partial charge is 0.254 e. The standard InChI is InChI=1S/C23H25F2N5O/c1-15-4-3-5-17(12-15)14-29-9-8-21-27-28-22(30(21)11-10-29)16(2)26-23(31)19-13-18(24)6-7-20(19)25/h3-7,12-13,16H,8-11,14H2,1-2H3,(H,26,31)/t16-/m1/s1. The first kappa shape index (κ1) is 21.1. The number of hydrogen-bond acceptors (Lipinski definition) is 4. The van der Waals surface area contributed by atoms with Crippen LogP contribution in [-0.2, 0) is 19.5 Å². The quantitative estimate of drug-likeness (QED) is 0.681. The Kier molecular flexibility index (Phi) is 6.08. The van der Waals surface area contributed by atoms with Gasteiger partial charge in [-0.3, -0.25) is 9.69 Å². The molecule has 2 heterocycles. The molecule has 1 atom stereocenters. The molecule has 0 fully saturated rings. The van der Waals surface area contributed by atoms with Gasteiger partial charge in [0.05, 0.1) is 11.6 Å². The Hall–Kier alpha value is -3.13. The Labute approximate surface area is 179 Å². The van der Waals surface area contributed by atoms with Gasteiger partial charge in [0.15, 0.2) is 5.82 Å². The van der Waals surface area contributed by atoms with Crippen LogP contribution in [0.4, 0.5) is 8.78 Å². The highest BCUT2D eigenvalue weighted by molar-refractivity contribution is 5.94. The summed E-state index contributed by atoms with van der Waals surface area (Å²) in [6.45, 7) is 7.09. The largest absolute Gasteiger partial charge is 0.342 e. The molecule has 0 radical (unpaired) electrons. The zero-order chi connectivity index (χ0) is 22.0. The number of fused-ring (bicyclic) bond motifs is 1. The maximum absolute atomic E-state index is 13.9. The second-order valence-electron chi connectivity index (χ2n) is 7.96. The summed E-state index contributed by atoms with van der Waals surface area (Å²) in [5.41, 5.74) is 2.19. The van der Waals surface area contributed by atoms with Gasteiger partial charge in [-0.25, -0.2) is 8.78 Å². The summed E-state index contributed by atoms with van der Waals surface area (Å²) in [4.78, 5) is 14.8. The van der Waals surface area contributed by atoms with Gasteiger partial charge < -0.3 is 9.88 Å². The summed E-state index contributed by atoms with van der Waals surface area (Å²) in [5, 5.41) is 11.3. The minimum atomic E-state index is -0.766. The number of nitrogens with one attached hydrogen (secondary N) is 1. The SMILES string of the molecule is Cc1cccc(CN2CCc3nnc([C@@H](C)NC(=O)c4cc(F)ccc4F)n3CC2)c1. The fraction of sp³-hybridized carbons (Fsp3) is 0.348. The third-order valence-electron chi connectivity index (χ3n) is 5.54. The molecule has 0 saturated heterocycles. The average Bonchev–Trinajstić information content (AvgIpc) is 3.04. The van der Waals surface area contributed by atoms with Gasteiger partial charge in [0.2, 0.25) is 0 Å². The normalized spacial score (nSPS) is 15.2. The van der Waals surface area contributed by atoms with Crippen molar-refractivity contribution in [1.82, 2.24) is 25.0 Å². The maximum Gasteiger partial charge on any atom is 0.254 e. The van der Waals surface area contributed by atoms with E-state index in [1.54, 1.807) is 6.92 Å². The minimum absolute atomic E-state index is 0.327. The molecule has 0 spiro atoms. The second-order valence-corrected chi connectivity index (χ2v) is 7.96. The van der Waals surface area contributed by atoms with Gasteiger partial charge in [-0.15, -0.1) is 10.2 Å². The van der Waals surface area contributed by atoms with Crippen molar-refractivity contribution in [3.05, 3.63) is 82.4 Å². The molecule has 0 saturated carbocycles. The molecule has 2 aromatic carbocycles. The van der Waals surface area contributed by atoms with E-state index in [1.165, 1.54) is 11.1 Å². The fourth-order valence-electron chi connectivity index (χ4n) is 3.95. The lowest BCUT2D eigenvalue weighted by Crippen LogP contribution is -2.30. The van der Waals surface area contributed by atoms with E-state index >= 15 is 0 Å². The fourth-order valence-corrected chi connectivity index (χ4v) is 3.95. The first-order valence-electron chi connectivity index (χ1n) is 10.4. The number of amides is 1. The van der Waals surface area contributed by atoms with Crippen molar-refractivity contribution in [1.29, 1.82) is 0 Å².